The van der Waals surface area contributed by atoms with Crippen LogP contribution in [-0.2, 0) is 13.6 Å². The Labute approximate surface area is 167 Å². The van der Waals surface area contributed by atoms with Gasteiger partial charge in [-0.2, -0.15) is 10.2 Å². The average molecular weight is 395 g/mol. The number of para-hydroxylation sites is 1. The van der Waals surface area contributed by atoms with Crippen molar-refractivity contribution in [3.05, 3.63) is 59.2 Å². The number of hydrogen-bond acceptors (Lipinski definition) is 5. The standard InChI is InChI=1S/C20H22N6OS/c1-13-11-15(3)26(22-13)10-9-25(19(27)17-12-14(2)24(4)23-17)20-21-16-7-5-6-8-18(16)28-20/h5-8,11-12H,9-10H2,1-4H3. The zero-order valence-corrected chi connectivity index (χ0v) is 17.2. The molecule has 1 amide bonds. The van der Waals surface area contributed by atoms with E-state index in [0.29, 0.717) is 23.9 Å². The highest BCUT2D eigenvalue weighted by Crippen LogP contribution is 2.29. The minimum absolute atomic E-state index is 0.149. The van der Waals surface area contributed by atoms with Crippen molar-refractivity contribution >= 4 is 32.6 Å². The predicted molar refractivity (Wildman–Crippen MR) is 111 cm³/mol. The molecule has 3 aromatic heterocycles. The Kier molecular flexibility index (Phi) is 4.72. The molecule has 8 heteroatoms. The number of thiazole rings is 1. The smallest absolute Gasteiger partial charge is 0.280 e. The van der Waals surface area contributed by atoms with Crippen LogP contribution in [0, 0.1) is 20.8 Å². The maximum Gasteiger partial charge on any atom is 0.280 e. The quantitative estimate of drug-likeness (QED) is 0.520. The van der Waals surface area contributed by atoms with Gasteiger partial charge in [0, 0.05) is 25.0 Å². The Morgan fingerprint density at radius 1 is 1.11 bits per heavy atom. The Hall–Kier alpha value is -3.00. The third-order valence-electron chi connectivity index (χ3n) is 4.73. The van der Waals surface area contributed by atoms with Gasteiger partial charge in [0.05, 0.1) is 22.5 Å². The second-order valence-electron chi connectivity index (χ2n) is 6.87. The Bertz CT molecular complexity index is 1100. The molecule has 0 spiro atoms. The molecule has 0 saturated carbocycles. The molecule has 0 unspecified atom stereocenters. The van der Waals surface area contributed by atoms with Gasteiger partial charge in [-0.15, -0.1) is 0 Å². The van der Waals surface area contributed by atoms with Crippen molar-refractivity contribution in [3.63, 3.8) is 0 Å². The summed E-state index contributed by atoms with van der Waals surface area (Å²) in [7, 11) is 1.84. The number of aryl methyl sites for hydroxylation is 4. The van der Waals surface area contributed by atoms with E-state index < -0.39 is 0 Å². The number of carbonyl (C=O) groups is 1. The van der Waals surface area contributed by atoms with Gasteiger partial charge in [-0.3, -0.25) is 19.1 Å². The van der Waals surface area contributed by atoms with Crippen LogP contribution in [0.25, 0.3) is 10.2 Å². The molecule has 28 heavy (non-hydrogen) atoms. The number of benzene rings is 1. The van der Waals surface area contributed by atoms with Crippen molar-refractivity contribution < 1.29 is 4.79 Å². The highest BCUT2D eigenvalue weighted by atomic mass is 32.1. The zero-order valence-electron chi connectivity index (χ0n) is 16.4. The minimum Gasteiger partial charge on any atom is -0.281 e. The molecule has 0 aliphatic rings. The van der Waals surface area contributed by atoms with Crippen LogP contribution in [0.3, 0.4) is 0 Å². The van der Waals surface area contributed by atoms with E-state index in [1.54, 1.807) is 9.58 Å². The van der Waals surface area contributed by atoms with Crippen LogP contribution in [-0.4, -0.2) is 37.0 Å². The molecule has 0 radical (unpaired) electrons. The molecule has 0 aliphatic carbocycles. The largest absolute Gasteiger partial charge is 0.281 e. The van der Waals surface area contributed by atoms with E-state index in [-0.39, 0.29) is 5.91 Å². The SMILES string of the molecule is Cc1cc(C)n(CCN(C(=O)c2cc(C)n(C)n2)c2nc3ccccc3s2)n1. The highest BCUT2D eigenvalue weighted by Gasteiger charge is 2.24. The van der Waals surface area contributed by atoms with E-state index in [2.05, 4.69) is 15.2 Å². The minimum atomic E-state index is -0.149. The summed E-state index contributed by atoms with van der Waals surface area (Å²) in [5.74, 6) is -0.149. The van der Waals surface area contributed by atoms with Crippen LogP contribution in [0.2, 0.25) is 0 Å². The van der Waals surface area contributed by atoms with Crippen molar-refractivity contribution in [3.8, 4) is 0 Å². The van der Waals surface area contributed by atoms with Gasteiger partial charge in [-0.1, -0.05) is 23.5 Å². The Morgan fingerprint density at radius 3 is 2.54 bits per heavy atom. The average Bonchev–Trinajstić information content (AvgIpc) is 3.32. The maximum atomic E-state index is 13.3. The lowest BCUT2D eigenvalue weighted by molar-refractivity contribution is 0.0980. The molecule has 0 bridgehead atoms. The summed E-state index contributed by atoms with van der Waals surface area (Å²) in [6.45, 7) is 6.98. The number of aromatic nitrogens is 5. The third-order valence-corrected chi connectivity index (χ3v) is 5.79. The summed E-state index contributed by atoms with van der Waals surface area (Å²) in [6.07, 6.45) is 0. The fraction of sp³-hybridized carbons (Fsp3) is 0.300. The van der Waals surface area contributed by atoms with Crippen LogP contribution in [0.5, 0.6) is 0 Å². The maximum absolute atomic E-state index is 13.3. The molecule has 4 aromatic rings. The van der Waals surface area contributed by atoms with E-state index in [4.69, 9.17) is 0 Å². The molecular weight excluding hydrogens is 372 g/mol. The van der Waals surface area contributed by atoms with Crippen molar-refractivity contribution in [2.75, 3.05) is 11.4 Å². The molecule has 144 valence electrons. The van der Waals surface area contributed by atoms with Gasteiger partial charge in [0.25, 0.3) is 5.91 Å². The van der Waals surface area contributed by atoms with Gasteiger partial charge in [-0.05, 0) is 45.0 Å². The van der Waals surface area contributed by atoms with E-state index in [1.807, 2.05) is 68.9 Å². The number of hydrogen-bond donors (Lipinski definition) is 0. The molecule has 0 N–H and O–H groups in total. The predicted octanol–water partition coefficient (Wildman–Crippen LogP) is 3.50. The van der Waals surface area contributed by atoms with E-state index in [1.165, 1.54) is 11.3 Å². The molecule has 0 atom stereocenters. The van der Waals surface area contributed by atoms with E-state index >= 15 is 0 Å². The second-order valence-corrected chi connectivity index (χ2v) is 7.87. The molecule has 3 heterocycles. The fourth-order valence-electron chi connectivity index (χ4n) is 3.16. The Morgan fingerprint density at radius 2 is 1.89 bits per heavy atom. The first kappa shape index (κ1) is 18.4. The molecule has 0 aliphatic heterocycles. The van der Waals surface area contributed by atoms with Crippen LogP contribution in [0.4, 0.5) is 5.13 Å². The van der Waals surface area contributed by atoms with Crippen molar-refractivity contribution in [2.45, 2.75) is 27.3 Å². The van der Waals surface area contributed by atoms with Crippen LogP contribution >= 0.6 is 11.3 Å². The molecular formula is C20H22N6OS. The summed E-state index contributed by atoms with van der Waals surface area (Å²) in [5.41, 5.74) is 4.29. The fourth-order valence-corrected chi connectivity index (χ4v) is 4.15. The number of nitrogens with zero attached hydrogens (tertiary/aromatic N) is 6. The van der Waals surface area contributed by atoms with Crippen molar-refractivity contribution in [1.29, 1.82) is 0 Å². The van der Waals surface area contributed by atoms with Crippen LogP contribution < -0.4 is 4.90 Å². The van der Waals surface area contributed by atoms with Gasteiger partial charge in [-0.25, -0.2) is 4.98 Å². The zero-order chi connectivity index (χ0) is 19.8. The first-order valence-electron chi connectivity index (χ1n) is 9.11. The lowest BCUT2D eigenvalue weighted by atomic mass is 10.3. The number of rotatable bonds is 5. The number of amides is 1. The van der Waals surface area contributed by atoms with E-state index in [0.717, 1.165) is 27.3 Å². The number of carbonyl (C=O) groups excluding carboxylic acids is 1. The molecule has 0 fully saturated rings. The van der Waals surface area contributed by atoms with Crippen LogP contribution in [0.15, 0.2) is 36.4 Å². The normalized spacial score (nSPS) is 11.3. The highest BCUT2D eigenvalue weighted by molar-refractivity contribution is 7.22. The summed E-state index contributed by atoms with van der Waals surface area (Å²) in [6, 6.07) is 11.8. The molecule has 7 nitrogen and oxygen atoms in total. The summed E-state index contributed by atoms with van der Waals surface area (Å²) >= 11 is 1.51. The summed E-state index contributed by atoms with van der Waals surface area (Å²) in [4.78, 5) is 19.7. The molecule has 1 aromatic carbocycles. The van der Waals surface area contributed by atoms with Gasteiger partial charge in [0.15, 0.2) is 10.8 Å². The molecule has 0 saturated heterocycles. The first-order chi connectivity index (χ1) is 13.4. The second kappa shape index (κ2) is 7.20. The van der Waals surface area contributed by atoms with Gasteiger partial charge in [0.1, 0.15) is 0 Å². The van der Waals surface area contributed by atoms with E-state index in [9.17, 15) is 4.79 Å². The van der Waals surface area contributed by atoms with Gasteiger partial charge >= 0.3 is 0 Å². The number of fused-ring (bicyclic) bond motifs is 1. The van der Waals surface area contributed by atoms with Crippen LogP contribution in [0.1, 0.15) is 27.6 Å². The summed E-state index contributed by atoms with van der Waals surface area (Å²) in [5, 5.41) is 9.55. The van der Waals surface area contributed by atoms with Crippen molar-refractivity contribution in [1.82, 2.24) is 24.5 Å². The third kappa shape index (κ3) is 3.43. The lowest BCUT2D eigenvalue weighted by Gasteiger charge is -2.19. The Balaban J connectivity index is 1.69. The topological polar surface area (TPSA) is 68.8 Å². The monoisotopic (exact) mass is 394 g/mol. The van der Waals surface area contributed by atoms with Crippen molar-refractivity contribution in [2.24, 2.45) is 7.05 Å². The summed E-state index contributed by atoms with van der Waals surface area (Å²) < 4.78 is 4.69. The molecule has 4 rings (SSSR count). The van der Waals surface area contributed by atoms with Gasteiger partial charge in [0.2, 0.25) is 0 Å². The lowest BCUT2D eigenvalue weighted by Crippen LogP contribution is -2.34. The first-order valence-corrected chi connectivity index (χ1v) is 9.93. The number of anilines is 1. The van der Waals surface area contributed by atoms with Gasteiger partial charge < -0.3 is 0 Å².